The summed E-state index contributed by atoms with van der Waals surface area (Å²) in [5.74, 6) is 0.267. The van der Waals surface area contributed by atoms with Gasteiger partial charge in [-0.3, -0.25) is 4.90 Å². The Hall–Kier alpha value is -0.550. The minimum absolute atomic E-state index is 0.267. The molecule has 1 saturated heterocycles. The van der Waals surface area contributed by atoms with Crippen LogP contribution < -0.4 is 0 Å². The molecule has 2 heteroatoms. The molecule has 0 saturated carbocycles. The van der Waals surface area contributed by atoms with Crippen molar-refractivity contribution in [3.8, 4) is 6.07 Å². The van der Waals surface area contributed by atoms with E-state index in [9.17, 15) is 0 Å². The van der Waals surface area contributed by atoms with E-state index in [0.717, 1.165) is 13.0 Å². The molecule has 0 aromatic carbocycles. The van der Waals surface area contributed by atoms with Gasteiger partial charge in [0.05, 0.1) is 12.0 Å². The fraction of sp³-hybridized carbons (Fsp3) is 0.900. The minimum Gasteiger partial charge on any atom is -0.297 e. The van der Waals surface area contributed by atoms with Crippen LogP contribution in [0.3, 0.4) is 0 Å². The molecule has 0 aromatic rings. The zero-order valence-corrected chi connectivity index (χ0v) is 8.25. The molecule has 0 N–H and O–H groups in total. The van der Waals surface area contributed by atoms with Gasteiger partial charge in [0.25, 0.3) is 0 Å². The summed E-state index contributed by atoms with van der Waals surface area (Å²) < 4.78 is 0. The molecular weight excluding hydrogens is 148 g/mol. The van der Waals surface area contributed by atoms with Crippen molar-refractivity contribution < 1.29 is 0 Å². The summed E-state index contributed by atoms with van der Waals surface area (Å²) in [6.07, 6.45) is 2.26. The highest BCUT2D eigenvalue weighted by Gasteiger charge is 2.26. The van der Waals surface area contributed by atoms with Gasteiger partial charge in [-0.25, -0.2) is 0 Å². The highest BCUT2D eigenvalue weighted by atomic mass is 15.2. The zero-order valence-electron chi connectivity index (χ0n) is 8.25. The number of rotatable bonds is 1. The van der Waals surface area contributed by atoms with Crippen molar-refractivity contribution in [2.24, 2.45) is 5.92 Å². The van der Waals surface area contributed by atoms with Gasteiger partial charge in [0.15, 0.2) is 0 Å². The van der Waals surface area contributed by atoms with Crippen molar-refractivity contribution in [2.75, 3.05) is 6.54 Å². The number of likely N-dealkylation sites (tertiary alicyclic amines) is 1. The molecule has 1 rings (SSSR count). The van der Waals surface area contributed by atoms with Crippen LogP contribution in [0.2, 0.25) is 0 Å². The summed E-state index contributed by atoms with van der Waals surface area (Å²) in [7, 11) is 0. The van der Waals surface area contributed by atoms with E-state index in [1.165, 1.54) is 6.42 Å². The molecule has 2 nitrogen and oxygen atoms in total. The van der Waals surface area contributed by atoms with Gasteiger partial charge in [0.1, 0.15) is 0 Å². The Labute approximate surface area is 75.2 Å². The topological polar surface area (TPSA) is 27.0 Å². The van der Waals surface area contributed by atoms with E-state index in [-0.39, 0.29) is 5.92 Å². The molecule has 0 aromatic heterocycles. The van der Waals surface area contributed by atoms with Gasteiger partial charge >= 0.3 is 0 Å². The van der Waals surface area contributed by atoms with Crippen molar-refractivity contribution in [1.29, 1.82) is 5.26 Å². The molecule has 1 aliphatic rings. The van der Waals surface area contributed by atoms with Crippen LogP contribution in [0.25, 0.3) is 0 Å². The first kappa shape index (κ1) is 9.54. The van der Waals surface area contributed by atoms with Crippen LogP contribution in [0.15, 0.2) is 0 Å². The number of nitrogens with zero attached hydrogens (tertiary/aromatic N) is 2. The summed E-state index contributed by atoms with van der Waals surface area (Å²) >= 11 is 0. The molecule has 1 aliphatic heterocycles. The minimum atomic E-state index is 0.267. The van der Waals surface area contributed by atoms with Gasteiger partial charge in [-0.05, 0) is 33.6 Å². The molecule has 0 amide bonds. The van der Waals surface area contributed by atoms with Gasteiger partial charge in [0.2, 0.25) is 0 Å². The third-order valence-corrected chi connectivity index (χ3v) is 2.78. The normalized spacial score (nSPS) is 31.9. The Bertz CT molecular complexity index is 181. The van der Waals surface area contributed by atoms with E-state index >= 15 is 0 Å². The first-order chi connectivity index (χ1) is 5.65. The maximum atomic E-state index is 8.80. The van der Waals surface area contributed by atoms with Crippen molar-refractivity contribution in [3.63, 3.8) is 0 Å². The van der Waals surface area contributed by atoms with E-state index < -0.39 is 0 Å². The van der Waals surface area contributed by atoms with Crippen LogP contribution in [0.4, 0.5) is 0 Å². The van der Waals surface area contributed by atoms with Crippen LogP contribution in [0.1, 0.15) is 33.6 Å². The Kier molecular flexibility index (Phi) is 3.11. The second-order valence-electron chi connectivity index (χ2n) is 4.04. The fourth-order valence-corrected chi connectivity index (χ4v) is 1.96. The van der Waals surface area contributed by atoms with Crippen molar-refractivity contribution in [2.45, 2.75) is 45.7 Å². The third kappa shape index (κ3) is 1.98. The van der Waals surface area contributed by atoms with Crippen molar-refractivity contribution >= 4 is 0 Å². The predicted molar refractivity (Wildman–Crippen MR) is 49.6 cm³/mol. The van der Waals surface area contributed by atoms with Crippen LogP contribution in [-0.4, -0.2) is 23.5 Å². The molecular formula is C10H18N2. The van der Waals surface area contributed by atoms with Crippen molar-refractivity contribution in [1.82, 2.24) is 4.90 Å². The van der Waals surface area contributed by atoms with E-state index in [2.05, 4.69) is 31.7 Å². The Balaban J connectivity index is 2.54. The fourth-order valence-electron chi connectivity index (χ4n) is 1.96. The number of hydrogen-bond donors (Lipinski definition) is 0. The molecule has 68 valence electrons. The second-order valence-corrected chi connectivity index (χ2v) is 4.04. The lowest BCUT2D eigenvalue weighted by atomic mass is 9.93. The first-order valence-corrected chi connectivity index (χ1v) is 4.80. The van der Waals surface area contributed by atoms with Gasteiger partial charge in [-0.15, -0.1) is 0 Å². The summed E-state index contributed by atoms with van der Waals surface area (Å²) in [6, 6.07) is 3.61. The van der Waals surface area contributed by atoms with Crippen molar-refractivity contribution in [3.05, 3.63) is 0 Å². The van der Waals surface area contributed by atoms with Gasteiger partial charge in [-0.1, -0.05) is 0 Å². The maximum Gasteiger partial charge on any atom is 0.0669 e. The Morgan fingerprint density at radius 2 is 2.08 bits per heavy atom. The van der Waals surface area contributed by atoms with E-state index in [1.54, 1.807) is 0 Å². The predicted octanol–water partition coefficient (Wildman–Crippen LogP) is 2.02. The lowest BCUT2D eigenvalue weighted by Gasteiger charge is -2.38. The summed E-state index contributed by atoms with van der Waals surface area (Å²) in [4.78, 5) is 2.43. The van der Waals surface area contributed by atoms with Crippen LogP contribution >= 0.6 is 0 Å². The van der Waals surface area contributed by atoms with Crippen LogP contribution in [0, 0.1) is 17.2 Å². The van der Waals surface area contributed by atoms with E-state index in [0.29, 0.717) is 12.1 Å². The quantitative estimate of drug-likeness (QED) is 0.596. The monoisotopic (exact) mass is 166 g/mol. The molecule has 2 atom stereocenters. The van der Waals surface area contributed by atoms with Gasteiger partial charge in [-0.2, -0.15) is 5.26 Å². The molecule has 2 unspecified atom stereocenters. The van der Waals surface area contributed by atoms with Crippen LogP contribution in [0.5, 0.6) is 0 Å². The lowest BCUT2D eigenvalue weighted by Crippen LogP contribution is -2.45. The lowest BCUT2D eigenvalue weighted by molar-refractivity contribution is 0.103. The number of piperidine rings is 1. The average molecular weight is 166 g/mol. The van der Waals surface area contributed by atoms with E-state index in [4.69, 9.17) is 5.26 Å². The average Bonchev–Trinajstić information content (AvgIpc) is 2.05. The third-order valence-electron chi connectivity index (χ3n) is 2.78. The number of nitriles is 1. The Morgan fingerprint density at radius 1 is 1.42 bits per heavy atom. The highest BCUT2D eigenvalue weighted by Crippen LogP contribution is 2.22. The Morgan fingerprint density at radius 3 is 2.58 bits per heavy atom. The molecule has 0 spiro atoms. The molecule has 1 heterocycles. The molecule has 0 bridgehead atoms. The maximum absolute atomic E-state index is 8.80. The summed E-state index contributed by atoms with van der Waals surface area (Å²) in [6.45, 7) is 7.63. The highest BCUT2D eigenvalue weighted by molar-refractivity contribution is 4.91. The molecule has 1 fully saturated rings. The van der Waals surface area contributed by atoms with Crippen LogP contribution in [-0.2, 0) is 0 Å². The standard InChI is InChI=1S/C10H18N2/c1-8(2)12-7-10(6-11)5-4-9(12)3/h8-10H,4-5,7H2,1-3H3. The van der Waals surface area contributed by atoms with Gasteiger partial charge < -0.3 is 0 Å². The molecule has 0 radical (unpaired) electrons. The zero-order chi connectivity index (χ0) is 9.14. The summed E-state index contributed by atoms with van der Waals surface area (Å²) in [5.41, 5.74) is 0. The SMILES string of the molecule is CC(C)N1CC(C#N)CCC1C. The van der Waals surface area contributed by atoms with Gasteiger partial charge in [0, 0.05) is 18.6 Å². The first-order valence-electron chi connectivity index (χ1n) is 4.80. The summed E-state index contributed by atoms with van der Waals surface area (Å²) in [5, 5.41) is 8.80. The largest absolute Gasteiger partial charge is 0.297 e. The molecule has 12 heavy (non-hydrogen) atoms. The van der Waals surface area contributed by atoms with E-state index in [1.807, 2.05) is 0 Å². The smallest absolute Gasteiger partial charge is 0.0669 e. The molecule has 0 aliphatic carbocycles. The number of hydrogen-bond acceptors (Lipinski definition) is 2. The second kappa shape index (κ2) is 3.91.